The van der Waals surface area contributed by atoms with Gasteiger partial charge in [-0.1, -0.05) is 6.92 Å². The van der Waals surface area contributed by atoms with Gasteiger partial charge in [-0.15, -0.1) is 0 Å². The Balaban J connectivity index is 1.95. The predicted octanol–water partition coefficient (Wildman–Crippen LogP) is 3.05. The van der Waals surface area contributed by atoms with E-state index in [1.54, 1.807) is 0 Å². The topological polar surface area (TPSA) is 24.5 Å². The Hall–Kier alpha value is -1.22. The molecule has 3 heteroatoms. The van der Waals surface area contributed by atoms with E-state index in [1.807, 2.05) is 0 Å². The number of hydrogen-bond acceptors (Lipinski definition) is 3. The Labute approximate surface area is 116 Å². The van der Waals surface area contributed by atoms with E-state index in [4.69, 9.17) is 4.74 Å². The summed E-state index contributed by atoms with van der Waals surface area (Å²) in [6.45, 7) is 8.58. The molecule has 1 N–H and O–H groups in total. The Morgan fingerprint density at radius 2 is 2.05 bits per heavy atom. The largest absolute Gasteiger partial charge is 0.494 e. The highest BCUT2D eigenvalue weighted by Crippen LogP contribution is 2.21. The van der Waals surface area contributed by atoms with Crippen molar-refractivity contribution in [1.29, 1.82) is 0 Å². The van der Waals surface area contributed by atoms with Gasteiger partial charge in [0.15, 0.2) is 0 Å². The first-order chi connectivity index (χ1) is 9.29. The summed E-state index contributed by atoms with van der Waals surface area (Å²) in [4.78, 5) is 2.49. The molecule has 19 heavy (non-hydrogen) atoms. The summed E-state index contributed by atoms with van der Waals surface area (Å²) in [7, 11) is 0. The molecule has 1 atom stereocenters. The van der Waals surface area contributed by atoms with Crippen LogP contribution in [0.3, 0.4) is 0 Å². The first-order valence-corrected chi connectivity index (χ1v) is 7.51. The smallest absolute Gasteiger partial charge is 0.119 e. The van der Waals surface area contributed by atoms with Crippen LogP contribution in [0.15, 0.2) is 24.3 Å². The fraction of sp³-hybridized carbons (Fsp3) is 0.625. The van der Waals surface area contributed by atoms with Crippen molar-refractivity contribution in [2.75, 3.05) is 31.1 Å². The Morgan fingerprint density at radius 3 is 2.79 bits per heavy atom. The van der Waals surface area contributed by atoms with Gasteiger partial charge < -0.3 is 15.0 Å². The molecule has 0 aromatic heterocycles. The molecule has 0 amide bonds. The van der Waals surface area contributed by atoms with Gasteiger partial charge in [0.1, 0.15) is 5.75 Å². The predicted molar refractivity (Wildman–Crippen MR) is 81.1 cm³/mol. The summed E-state index contributed by atoms with van der Waals surface area (Å²) < 4.78 is 5.63. The summed E-state index contributed by atoms with van der Waals surface area (Å²) in [6.07, 6.45) is 3.46. The van der Waals surface area contributed by atoms with E-state index in [2.05, 4.69) is 48.3 Å². The van der Waals surface area contributed by atoms with Gasteiger partial charge in [-0.25, -0.2) is 0 Å². The highest BCUT2D eigenvalue weighted by Gasteiger charge is 2.12. The number of ether oxygens (including phenoxy) is 1. The van der Waals surface area contributed by atoms with Crippen LogP contribution in [0.2, 0.25) is 0 Å². The van der Waals surface area contributed by atoms with Crippen LogP contribution < -0.4 is 15.0 Å². The molecule has 106 valence electrons. The van der Waals surface area contributed by atoms with Gasteiger partial charge in [-0.05, 0) is 57.0 Å². The first-order valence-electron chi connectivity index (χ1n) is 7.51. The van der Waals surface area contributed by atoms with Crippen molar-refractivity contribution in [2.45, 2.75) is 39.2 Å². The normalized spacial score (nSPS) is 20.7. The third kappa shape index (κ3) is 4.43. The van der Waals surface area contributed by atoms with Crippen LogP contribution in [0.25, 0.3) is 0 Å². The van der Waals surface area contributed by atoms with Crippen LogP contribution >= 0.6 is 0 Å². The molecule has 0 radical (unpaired) electrons. The highest BCUT2D eigenvalue weighted by atomic mass is 16.5. The van der Waals surface area contributed by atoms with Gasteiger partial charge in [0.2, 0.25) is 0 Å². The van der Waals surface area contributed by atoms with Gasteiger partial charge in [-0.2, -0.15) is 0 Å². The zero-order chi connectivity index (χ0) is 13.5. The van der Waals surface area contributed by atoms with Crippen LogP contribution in [0, 0.1) is 0 Å². The van der Waals surface area contributed by atoms with Crippen LogP contribution in [0.4, 0.5) is 5.69 Å². The van der Waals surface area contributed by atoms with E-state index < -0.39 is 0 Å². The Kier molecular flexibility index (Phi) is 5.52. The van der Waals surface area contributed by atoms with E-state index in [1.165, 1.54) is 18.5 Å². The third-order valence-electron chi connectivity index (χ3n) is 3.60. The van der Waals surface area contributed by atoms with E-state index in [-0.39, 0.29) is 0 Å². The Bertz CT molecular complexity index is 364. The lowest BCUT2D eigenvalue weighted by molar-refractivity contribution is 0.317. The molecule has 1 aliphatic heterocycles. The fourth-order valence-electron chi connectivity index (χ4n) is 2.41. The van der Waals surface area contributed by atoms with E-state index in [9.17, 15) is 0 Å². The second-order valence-corrected chi connectivity index (χ2v) is 5.33. The molecule has 2 rings (SSSR count). The van der Waals surface area contributed by atoms with Crippen molar-refractivity contribution in [3.63, 3.8) is 0 Å². The number of anilines is 1. The lowest BCUT2D eigenvalue weighted by atomic mass is 10.1. The highest BCUT2D eigenvalue weighted by molar-refractivity contribution is 5.49. The van der Waals surface area contributed by atoms with Crippen molar-refractivity contribution in [3.8, 4) is 5.75 Å². The van der Waals surface area contributed by atoms with Crippen LogP contribution in [-0.4, -0.2) is 32.3 Å². The van der Waals surface area contributed by atoms with Crippen LogP contribution in [0.1, 0.15) is 33.1 Å². The molecule has 0 saturated carbocycles. The van der Waals surface area contributed by atoms with Crippen molar-refractivity contribution in [2.24, 2.45) is 0 Å². The minimum atomic E-state index is 0.620. The zero-order valence-electron chi connectivity index (χ0n) is 12.2. The van der Waals surface area contributed by atoms with Crippen molar-refractivity contribution in [3.05, 3.63) is 24.3 Å². The Morgan fingerprint density at radius 1 is 1.26 bits per heavy atom. The maximum Gasteiger partial charge on any atom is 0.119 e. The van der Waals surface area contributed by atoms with Gasteiger partial charge >= 0.3 is 0 Å². The summed E-state index contributed by atoms with van der Waals surface area (Å²) in [5, 5.41) is 3.54. The molecule has 1 heterocycles. The molecule has 0 bridgehead atoms. The molecule has 1 fully saturated rings. The van der Waals surface area contributed by atoms with Crippen molar-refractivity contribution >= 4 is 5.69 Å². The molecule has 1 unspecified atom stereocenters. The third-order valence-corrected chi connectivity index (χ3v) is 3.60. The molecular formula is C16H26N2O. The summed E-state index contributed by atoms with van der Waals surface area (Å²) in [6, 6.07) is 9.17. The molecular weight excluding hydrogens is 236 g/mol. The summed E-state index contributed by atoms with van der Waals surface area (Å²) in [5.74, 6) is 0.979. The van der Waals surface area contributed by atoms with E-state index >= 15 is 0 Å². The maximum absolute atomic E-state index is 5.63. The lowest BCUT2D eigenvalue weighted by Gasteiger charge is -2.29. The lowest BCUT2D eigenvalue weighted by Crippen LogP contribution is -2.38. The molecule has 1 aromatic carbocycles. The maximum atomic E-state index is 5.63. The standard InChI is InChI=1S/C16H26N2O/c1-3-13-19-16-7-5-15(6-8-16)18-11-4-10-17-14(2)9-12-18/h5-8,14,17H,3-4,9-13H2,1-2H3. The summed E-state index contributed by atoms with van der Waals surface area (Å²) >= 11 is 0. The minimum absolute atomic E-state index is 0.620. The number of benzene rings is 1. The first kappa shape index (κ1) is 14.2. The fourth-order valence-corrected chi connectivity index (χ4v) is 2.41. The molecule has 1 aromatic rings. The van der Waals surface area contributed by atoms with Gasteiger partial charge in [0, 0.05) is 24.8 Å². The number of hydrogen-bond donors (Lipinski definition) is 1. The quantitative estimate of drug-likeness (QED) is 0.902. The number of nitrogens with zero attached hydrogens (tertiary/aromatic N) is 1. The molecule has 0 spiro atoms. The van der Waals surface area contributed by atoms with E-state index in [0.717, 1.165) is 38.4 Å². The van der Waals surface area contributed by atoms with Gasteiger partial charge in [-0.3, -0.25) is 0 Å². The van der Waals surface area contributed by atoms with Crippen molar-refractivity contribution in [1.82, 2.24) is 5.32 Å². The minimum Gasteiger partial charge on any atom is -0.494 e. The second kappa shape index (κ2) is 7.39. The molecule has 3 nitrogen and oxygen atoms in total. The molecule has 0 aliphatic carbocycles. The average molecular weight is 262 g/mol. The van der Waals surface area contributed by atoms with Gasteiger partial charge in [0.25, 0.3) is 0 Å². The zero-order valence-corrected chi connectivity index (χ0v) is 12.2. The van der Waals surface area contributed by atoms with Crippen LogP contribution in [-0.2, 0) is 0 Å². The van der Waals surface area contributed by atoms with Gasteiger partial charge in [0.05, 0.1) is 6.61 Å². The molecule has 1 saturated heterocycles. The summed E-state index contributed by atoms with van der Waals surface area (Å²) in [5.41, 5.74) is 1.32. The van der Waals surface area contributed by atoms with Crippen molar-refractivity contribution < 1.29 is 4.74 Å². The second-order valence-electron chi connectivity index (χ2n) is 5.33. The van der Waals surface area contributed by atoms with Crippen LogP contribution in [0.5, 0.6) is 5.75 Å². The SMILES string of the molecule is CCCOc1ccc(N2CCCNC(C)CC2)cc1. The monoisotopic (exact) mass is 262 g/mol. The number of rotatable bonds is 4. The average Bonchev–Trinajstić information content (AvgIpc) is 2.42. The molecule has 1 aliphatic rings. The van der Waals surface area contributed by atoms with E-state index in [0.29, 0.717) is 6.04 Å². The number of nitrogens with one attached hydrogen (secondary N) is 1.